The average molecular weight is 473 g/mol. The molecule has 4 rings (SSSR count). The van der Waals surface area contributed by atoms with Gasteiger partial charge in [-0.05, 0) is 45.2 Å². The van der Waals surface area contributed by atoms with Crippen molar-refractivity contribution in [3.05, 3.63) is 57.7 Å². The van der Waals surface area contributed by atoms with Crippen LogP contribution in [-0.2, 0) is 23.6 Å². The fourth-order valence-corrected chi connectivity index (χ4v) is 6.27. The summed E-state index contributed by atoms with van der Waals surface area (Å²) in [5.41, 5.74) is 4.01. The van der Waals surface area contributed by atoms with Gasteiger partial charge in [0.2, 0.25) is 10.0 Å². The second kappa shape index (κ2) is 8.80. The minimum atomic E-state index is -3.71. The minimum absolute atomic E-state index is 0.0160. The summed E-state index contributed by atoms with van der Waals surface area (Å²) in [5.74, 6) is 0.0160. The van der Waals surface area contributed by atoms with Crippen molar-refractivity contribution >= 4 is 27.3 Å². The van der Waals surface area contributed by atoms with Gasteiger partial charge in [-0.15, -0.1) is 11.3 Å². The van der Waals surface area contributed by atoms with Crippen molar-refractivity contribution in [2.24, 2.45) is 7.05 Å². The normalized spacial score (nSPS) is 14.3. The van der Waals surface area contributed by atoms with Crippen LogP contribution in [0.5, 0.6) is 0 Å². The second-order valence-electron chi connectivity index (χ2n) is 8.28. The highest BCUT2D eigenvalue weighted by Crippen LogP contribution is 2.33. The molecule has 7 nitrogen and oxygen atoms in total. The van der Waals surface area contributed by atoms with Crippen molar-refractivity contribution in [1.82, 2.24) is 19.2 Å². The van der Waals surface area contributed by atoms with E-state index in [1.54, 1.807) is 13.0 Å². The van der Waals surface area contributed by atoms with Crippen LogP contribution in [0.2, 0.25) is 0 Å². The lowest BCUT2D eigenvalue weighted by Crippen LogP contribution is -2.27. The van der Waals surface area contributed by atoms with Gasteiger partial charge in [0.15, 0.2) is 0 Å². The average Bonchev–Trinajstić information content (AvgIpc) is 3.48. The number of aromatic nitrogens is 2. The topological polar surface area (TPSA) is 84.3 Å². The Labute approximate surface area is 193 Å². The zero-order chi connectivity index (χ0) is 23.0. The number of likely N-dealkylation sites (tertiary alicyclic amines) is 1. The third kappa shape index (κ3) is 4.37. The predicted octanol–water partition coefficient (Wildman–Crippen LogP) is 3.79. The molecule has 0 atom stereocenters. The van der Waals surface area contributed by atoms with Gasteiger partial charge in [0.05, 0.1) is 11.4 Å². The van der Waals surface area contributed by atoms with Crippen LogP contribution in [0.1, 0.15) is 45.0 Å². The summed E-state index contributed by atoms with van der Waals surface area (Å²) >= 11 is 1.33. The Morgan fingerprint density at radius 2 is 1.78 bits per heavy atom. The number of nitrogens with zero attached hydrogens (tertiary/aromatic N) is 3. The van der Waals surface area contributed by atoms with E-state index in [2.05, 4.69) is 9.71 Å². The van der Waals surface area contributed by atoms with Gasteiger partial charge in [0.1, 0.15) is 14.8 Å². The van der Waals surface area contributed by atoms with E-state index < -0.39 is 10.0 Å². The summed E-state index contributed by atoms with van der Waals surface area (Å²) in [7, 11) is -1.89. The molecule has 1 N–H and O–H groups in total. The van der Waals surface area contributed by atoms with E-state index in [0.717, 1.165) is 37.1 Å². The van der Waals surface area contributed by atoms with E-state index >= 15 is 0 Å². The Morgan fingerprint density at radius 1 is 1.12 bits per heavy atom. The molecule has 1 aromatic carbocycles. The maximum absolute atomic E-state index is 13.0. The van der Waals surface area contributed by atoms with E-state index in [0.29, 0.717) is 27.0 Å². The predicted molar refractivity (Wildman–Crippen MR) is 126 cm³/mol. The smallest absolute Gasteiger partial charge is 0.265 e. The number of carbonyl (C=O) groups is 1. The SMILES string of the molecule is Cc1ccc(CNS(=O)(=O)c2cc(-c3nc(C)c(C(=O)N4CCCC4)s3)n(C)c2C)cc1. The molecule has 0 spiro atoms. The number of thiazole rings is 1. The zero-order valence-electron chi connectivity index (χ0n) is 18.8. The minimum Gasteiger partial charge on any atom is -0.345 e. The first-order valence-electron chi connectivity index (χ1n) is 10.7. The lowest BCUT2D eigenvalue weighted by atomic mass is 10.2. The molecule has 0 aliphatic carbocycles. The number of rotatable bonds is 6. The molecule has 9 heteroatoms. The van der Waals surface area contributed by atoms with Gasteiger partial charge in [-0.1, -0.05) is 29.8 Å². The standard InChI is InChI=1S/C23H28N4O3S2/c1-15-7-9-18(10-8-15)14-24-32(29,30)20-13-19(26(4)17(20)3)22-25-16(2)21(31-22)23(28)27-11-5-6-12-27/h7-10,13,24H,5-6,11-12,14H2,1-4H3. The first kappa shape index (κ1) is 22.7. The number of aryl methyl sites for hydroxylation is 2. The molecular weight excluding hydrogens is 444 g/mol. The molecule has 1 fully saturated rings. The lowest BCUT2D eigenvalue weighted by molar-refractivity contribution is 0.0796. The Bertz CT molecular complexity index is 1250. The number of hydrogen-bond acceptors (Lipinski definition) is 5. The van der Waals surface area contributed by atoms with E-state index in [9.17, 15) is 13.2 Å². The van der Waals surface area contributed by atoms with Crippen LogP contribution >= 0.6 is 11.3 Å². The Morgan fingerprint density at radius 3 is 2.44 bits per heavy atom. The highest BCUT2D eigenvalue weighted by molar-refractivity contribution is 7.89. The number of nitrogens with one attached hydrogen (secondary N) is 1. The summed E-state index contributed by atoms with van der Waals surface area (Å²) in [6, 6.07) is 9.40. The summed E-state index contributed by atoms with van der Waals surface area (Å²) in [6.07, 6.45) is 2.06. The Hall–Kier alpha value is -2.49. The van der Waals surface area contributed by atoms with Gasteiger partial charge in [0, 0.05) is 32.4 Å². The number of sulfonamides is 1. The molecule has 1 amide bonds. The van der Waals surface area contributed by atoms with Crippen LogP contribution in [0.25, 0.3) is 10.7 Å². The first-order valence-corrected chi connectivity index (χ1v) is 13.0. The van der Waals surface area contributed by atoms with Gasteiger partial charge in [-0.3, -0.25) is 4.79 Å². The molecule has 1 aliphatic heterocycles. The van der Waals surface area contributed by atoms with Crippen LogP contribution in [-0.4, -0.2) is 41.9 Å². The largest absolute Gasteiger partial charge is 0.345 e. The Balaban J connectivity index is 1.60. The maximum atomic E-state index is 13.0. The maximum Gasteiger partial charge on any atom is 0.265 e. The molecule has 170 valence electrons. The van der Waals surface area contributed by atoms with Crippen molar-refractivity contribution in [3.63, 3.8) is 0 Å². The summed E-state index contributed by atoms with van der Waals surface area (Å²) < 4.78 is 30.6. The van der Waals surface area contributed by atoms with E-state index in [1.807, 2.05) is 54.6 Å². The van der Waals surface area contributed by atoms with Crippen molar-refractivity contribution in [2.75, 3.05) is 13.1 Å². The fraction of sp³-hybridized carbons (Fsp3) is 0.391. The number of benzene rings is 1. The second-order valence-corrected chi connectivity index (χ2v) is 11.0. The van der Waals surface area contributed by atoms with E-state index in [1.165, 1.54) is 11.3 Å². The van der Waals surface area contributed by atoms with Gasteiger partial charge in [-0.2, -0.15) is 0 Å². The third-order valence-electron chi connectivity index (χ3n) is 5.97. The van der Waals surface area contributed by atoms with Crippen LogP contribution in [0.15, 0.2) is 35.2 Å². The van der Waals surface area contributed by atoms with E-state index in [4.69, 9.17) is 0 Å². The summed E-state index contributed by atoms with van der Waals surface area (Å²) in [5, 5.41) is 0.649. The molecule has 0 saturated carbocycles. The quantitative estimate of drug-likeness (QED) is 0.592. The van der Waals surface area contributed by atoms with Gasteiger partial charge < -0.3 is 9.47 Å². The van der Waals surface area contributed by atoms with Gasteiger partial charge in [-0.25, -0.2) is 18.1 Å². The van der Waals surface area contributed by atoms with Crippen molar-refractivity contribution in [1.29, 1.82) is 0 Å². The highest BCUT2D eigenvalue weighted by Gasteiger charge is 2.27. The van der Waals surface area contributed by atoms with Crippen LogP contribution < -0.4 is 4.72 Å². The molecule has 32 heavy (non-hydrogen) atoms. The number of carbonyl (C=O) groups excluding carboxylic acids is 1. The molecule has 0 unspecified atom stereocenters. The number of amides is 1. The van der Waals surface area contributed by atoms with Crippen LogP contribution in [0.4, 0.5) is 0 Å². The first-order chi connectivity index (χ1) is 15.2. The van der Waals surface area contributed by atoms with Crippen LogP contribution in [0.3, 0.4) is 0 Å². The van der Waals surface area contributed by atoms with Gasteiger partial charge in [0.25, 0.3) is 5.91 Å². The van der Waals surface area contributed by atoms with E-state index in [-0.39, 0.29) is 17.3 Å². The van der Waals surface area contributed by atoms with Crippen molar-refractivity contribution < 1.29 is 13.2 Å². The summed E-state index contributed by atoms with van der Waals surface area (Å²) in [6.45, 7) is 7.39. The van der Waals surface area contributed by atoms with Crippen molar-refractivity contribution in [3.8, 4) is 10.7 Å². The molecule has 3 heterocycles. The number of hydrogen-bond donors (Lipinski definition) is 1. The molecule has 1 saturated heterocycles. The molecule has 1 aliphatic rings. The zero-order valence-corrected chi connectivity index (χ0v) is 20.4. The van der Waals surface area contributed by atoms with Crippen LogP contribution in [0, 0.1) is 20.8 Å². The highest BCUT2D eigenvalue weighted by atomic mass is 32.2. The third-order valence-corrected chi connectivity index (χ3v) is 8.65. The fourth-order valence-electron chi connectivity index (χ4n) is 3.88. The Kier molecular flexibility index (Phi) is 6.24. The van der Waals surface area contributed by atoms with Crippen molar-refractivity contribution in [2.45, 2.75) is 45.1 Å². The summed E-state index contributed by atoms with van der Waals surface area (Å²) in [4.78, 5) is 20.2. The molecule has 0 radical (unpaired) electrons. The molecule has 0 bridgehead atoms. The molecule has 3 aromatic rings. The molecular formula is C23H28N4O3S2. The molecule has 2 aromatic heterocycles. The monoisotopic (exact) mass is 472 g/mol. The van der Waals surface area contributed by atoms with Gasteiger partial charge >= 0.3 is 0 Å². The lowest BCUT2D eigenvalue weighted by Gasteiger charge is -2.13.